The Morgan fingerprint density at radius 3 is 2.37 bits per heavy atom. The van der Waals surface area contributed by atoms with Gasteiger partial charge in [-0.2, -0.15) is 0 Å². The smallest absolute Gasteiger partial charge is 0.240 e. The van der Waals surface area contributed by atoms with Gasteiger partial charge in [0.15, 0.2) is 0 Å². The van der Waals surface area contributed by atoms with E-state index in [-0.39, 0.29) is 11.5 Å². The number of aryl methyl sites for hydroxylation is 1. The second-order valence-corrected chi connectivity index (χ2v) is 8.23. The van der Waals surface area contributed by atoms with Gasteiger partial charge >= 0.3 is 0 Å². The molecule has 2 unspecified atom stereocenters. The first-order valence-corrected chi connectivity index (χ1v) is 10.3. The highest BCUT2D eigenvalue weighted by Gasteiger charge is 2.27. The topological polar surface area (TPSA) is 75.6 Å². The van der Waals surface area contributed by atoms with E-state index in [1.807, 2.05) is 37.3 Å². The summed E-state index contributed by atoms with van der Waals surface area (Å²) >= 11 is 0. The predicted molar refractivity (Wildman–Crippen MR) is 107 cm³/mol. The summed E-state index contributed by atoms with van der Waals surface area (Å²) in [6.45, 7) is 5.84. The van der Waals surface area contributed by atoms with Gasteiger partial charge < -0.3 is 9.84 Å². The molecule has 6 heteroatoms. The van der Waals surface area contributed by atoms with Crippen LogP contribution in [0, 0.1) is 6.92 Å². The van der Waals surface area contributed by atoms with Crippen LogP contribution in [0.5, 0.6) is 0 Å². The zero-order chi connectivity index (χ0) is 19.9. The maximum Gasteiger partial charge on any atom is 0.240 e. The molecule has 0 aromatic heterocycles. The van der Waals surface area contributed by atoms with Crippen molar-refractivity contribution in [3.63, 3.8) is 0 Å². The molecule has 2 aromatic rings. The number of aliphatic hydroxyl groups is 1. The van der Waals surface area contributed by atoms with Gasteiger partial charge in [0.2, 0.25) is 10.0 Å². The lowest BCUT2D eigenvalue weighted by molar-refractivity contribution is 0.0621. The summed E-state index contributed by atoms with van der Waals surface area (Å²) in [5, 5.41) is 10.6. The highest BCUT2D eigenvalue weighted by molar-refractivity contribution is 7.89. The molecular formula is C21H27NO4S. The third kappa shape index (κ3) is 6.29. The maximum absolute atomic E-state index is 12.7. The third-order valence-corrected chi connectivity index (χ3v) is 5.86. The fraction of sp³-hybridized carbons (Fsp3) is 0.333. The molecule has 0 bridgehead atoms. The number of nitrogens with one attached hydrogen (secondary N) is 1. The third-order valence-electron chi connectivity index (χ3n) is 4.35. The normalized spacial score (nSPS) is 14.7. The minimum atomic E-state index is -3.78. The fourth-order valence-electron chi connectivity index (χ4n) is 2.54. The van der Waals surface area contributed by atoms with Gasteiger partial charge in [0.25, 0.3) is 0 Å². The molecule has 0 saturated heterocycles. The SMILES string of the molecule is CC=C(C)C(O)C(COCc1ccccc1)NS(=O)(=O)c1ccc(C)cc1. The van der Waals surface area contributed by atoms with E-state index < -0.39 is 22.2 Å². The van der Waals surface area contributed by atoms with Gasteiger partial charge in [-0.25, -0.2) is 13.1 Å². The van der Waals surface area contributed by atoms with E-state index in [4.69, 9.17) is 4.74 Å². The van der Waals surface area contributed by atoms with Gasteiger partial charge in [-0.05, 0) is 44.0 Å². The lowest BCUT2D eigenvalue weighted by atomic mass is 10.1. The van der Waals surface area contributed by atoms with Crippen molar-refractivity contribution in [1.29, 1.82) is 0 Å². The first kappa shape index (κ1) is 21.3. The van der Waals surface area contributed by atoms with Crippen molar-refractivity contribution in [3.05, 3.63) is 77.4 Å². The van der Waals surface area contributed by atoms with Gasteiger partial charge in [0.1, 0.15) is 0 Å². The second-order valence-electron chi connectivity index (χ2n) is 6.52. The van der Waals surface area contributed by atoms with E-state index >= 15 is 0 Å². The van der Waals surface area contributed by atoms with Gasteiger partial charge in [0.05, 0.1) is 30.3 Å². The number of sulfonamides is 1. The molecule has 0 heterocycles. The summed E-state index contributed by atoms with van der Waals surface area (Å²) in [5.41, 5.74) is 2.63. The van der Waals surface area contributed by atoms with Crippen LogP contribution in [0.25, 0.3) is 0 Å². The largest absolute Gasteiger partial charge is 0.387 e. The number of rotatable bonds is 9. The monoisotopic (exact) mass is 389 g/mol. The molecule has 2 atom stereocenters. The number of benzene rings is 2. The van der Waals surface area contributed by atoms with E-state index in [1.165, 1.54) is 0 Å². The minimum Gasteiger partial charge on any atom is -0.387 e. The molecule has 0 fully saturated rings. The van der Waals surface area contributed by atoms with Crippen molar-refractivity contribution in [2.24, 2.45) is 0 Å². The van der Waals surface area contributed by atoms with E-state index in [2.05, 4.69) is 4.72 Å². The Hall–Kier alpha value is -1.99. The minimum absolute atomic E-state index is 0.0479. The van der Waals surface area contributed by atoms with Gasteiger partial charge in [-0.1, -0.05) is 54.1 Å². The van der Waals surface area contributed by atoms with Crippen LogP contribution in [-0.2, 0) is 21.4 Å². The van der Waals surface area contributed by atoms with Crippen molar-refractivity contribution in [2.45, 2.75) is 44.4 Å². The molecule has 2 N–H and O–H groups in total. The number of allylic oxidation sites excluding steroid dienone is 1. The average Bonchev–Trinajstić information content (AvgIpc) is 2.67. The molecule has 5 nitrogen and oxygen atoms in total. The molecule has 0 aliphatic heterocycles. The lowest BCUT2D eigenvalue weighted by Gasteiger charge is -2.25. The van der Waals surface area contributed by atoms with Crippen LogP contribution in [0.1, 0.15) is 25.0 Å². The van der Waals surface area contributed by atoms with Crippen LogP contribution < -0.4 is 4.72 Å². The lowest BCUT2D eigenvalue weighted by Crippen LogP contribution is -2.46. The zero-order valence-corrected chi connectivity index (χ0v) is 16.7. The summed E-state index contributed by atoms with van der Waals surface area (Å²) < 4.78 is 33.7. The molecule has 146 valence electrons. The second kappa shape index (κ2) is 9.80. The summed E-state index contributed by atoms with van der Waals surface area (Å²) in [6.07, 6.45) is 0.778. The first-order valence-electron chi connectivity index (χ1n) is 8.85. The van der Waals surface area contributed by atoms with E-state index in [0.29, 0.717) is 12.2 Å². The van der Waals surface area contributed by atoms with Crippen LogP contribution in [-0.4, -0.2) is 32.3 Å². The highest BCUT2D eigenvalue weighted by Crippen LogP contribution is 2.14. The van der Waals surface area contributed by atoms with Crippen molar-refractivity contribution in [2.75, 3.05) is 6.61 Å². The summed E-state index contributed by atoms with van der Waals surface area (Å²) in [4.78, 5) is 0.159. The van der Waals surface area contributed by atoms with E-state index in [1.54, 1.807) is 44.2 Å². The molecule has 27 heavy (non-hydrogen) atoms. The van der Waals surface area contributed by atoms with Gasteiger partial charge in [0, 0.05) is 0 Å². The molecule has 0 radical (unpaired) electrons. The molecule has 0 spiro atoms. The Morgan fingerprint density at radius 2 is 1.78 bits per heavy atom. The average molecular weight is 390 g/mol. The Balaban J connectivity index is 2.12. The Morgan fingerprint density at radius 1 is 1.15 bits per heavy atom. The summed E-state index contributed by atoms with van der Waals surface area (Å²) in [6, 6.07) is 15.4. The highest BCUT2D eigenvalue weighted by atomic mass is 32.2. The molecule has 0 aliphatic carbocycles. The number of hydrogen-bond donors (Lipinski definition) is 2. The number of ether oxygens (including phenoxy) is 1. The molecule has 0 saturated carbocycles. The van der Waals surface area contributed by atoms with Crippen LogP contribution in [0.3, 0.4) is 0 Å². The molecule has 0 aliphatic rings. The predicted octanol–water partition coefficient (Wildman–Crippen LogP) is 3.19. The Kier molecular flexibility index (Phi) is 7.74. The van der Waals surface area contributed by atoms with E-state index in [0.717, 1.165) is 11.1 Å². The first-order chi connectivity index (χ1) is 12.8. The van der Waals surface area contributed by atoms with Crippen LogP contribution >= 0.6 is 0 Å². The number of aliphatic hydroxyl groups excluding tert-OH is 1. The van der Waals surface area contributed by atoms with Crippen LogP contribution in [0.2, 0.25) is 0 Å². The fourth-order valence-corrected chi connectivity index (χ4v) is 3.77. The van der Waals surface area contributed by atoms with Crippen molar-refractivity contribution < 1.29 is 18.3 Å². The standard InChI is InChI=1S/C21H27NO4S/c1-4-17(3)21(23)20(15-26-14-18-8-6-5-7-9-18)22-27(24,25)19-12-10-16(2)11-13-19/h4-13,20-23H,14-15H2,1-3H3. The van der Waals surface area contributed by atoms with Crippen molar-refractivity contribution in [3.8, 4) is 0 Å². The van der Waals surface area contributed by atoms with Gasteiger partial charge in [-0.15, -0.1) is 0 Å². The summed E-state index contributed by atoms with van der Waals surface area (Å²) in [5.74, 6) is 0. The molecule has 2 rings (SSSR count). The van der Waals surface area contributed by atoms with Crippen LogP contribution in [0.15, 0.2) is 71.1 Å². The molecule has 0 amide bonds. The quantitative estimate of drug-likeness (QED) is 0.646. The Labute approximate surface area is 161 Å². The Bertz CT molecular complexity index is 846. The maximum atomic E-state index is 12.7. The van der Waals surface area contributed by atoms with Crippen LogP contribution in [0.4, 0.5) is 0 Å². The van der Waals surface area contributed by atoms with Crippen molar-refractivity contribution in [1.82, 2.24) is 4.72 Å². The van der Waals surface area contributed by atoms with E-state index in [9.17, 15) is 13.5 Å². The molecular weight excluding hydrogens is 362 g/mol. The number of hydrogen-bond acceptors (Lipinski definition) is 4. The van der Waals surface area contributed by atoms with Crippen molar-refractivity contribution >= 4 is 10.0 Å². The zero-order valence-electron chi connectivity index (χ0n) is 15.9. The molecule has 2 aromatic carbocycles. The van der Waals surface area contributed by atoms with Gasteiger partial charge in [-0.3, -0.25) is 0 Å². The summed E-state index contributed by atoms with van der Waals surface area (Å²) in [7, 11) is -3.78.